The average molecular weight is 209 g/mol. The van der Waals surface area contributed by atoms with Crippen molar-refractivity contribution in [3.63, 3.8) is 0 Å². The van der Waals surface area contributed by atoms with E-state index in [-0.39, 0.29) is 6.47 Å². The summed E-state index contributed by atoms with van der Waals surface area (Å²) in [5.74, 6) is 0. The first kappa shape index (κ1) is 13.7. The maximum Gasteiger partial charge on any atom is 0.290 e. The van der Waals surface area contributed by atoms with Gasteiger partial charge in [-0.1, -0.05) is 36.8 Å². The molecule has 15 heavy (non-hydrogen) atoms. The van der Waals surface area contributed by atoms with Crippen LogP contribution in [0.1, 0.15) is 18.1 Å². The van der Waals surface area contributed by atoms with Crippen molar-refractivity contribution in [1.82, 2.24) is 5.32 Å². The van der Waals surface area contributed by atoms with Crippen molar-refractivity contribution in [2.75, 3.05) is 13.1 Å². The van der Waals surface area contributed by atoms with E-state index in [0.29, 0.717) is 0 Å². The van der Waals surface area contributed by atoms with Gasteiger partial charge >= 0.3 is 0 Å². The summed E-state index contributed by atoms with van der Waals surface area (Å²) >= 11 is 0. The van der Waals surface area contributed by atoms with E-state index in [1.165, 1.54) is 11.1 Å². The van der Waals surface area contributed by atoms with E-state index in [0.717, 1.165) is 19.5 Å². The molecular formula is C12H19NO2. The summed E-state index contributed by atoms with van der Waals surface area (Å²) in [4.78, 5) is 8.36. The highest BCUT2D eigenvalue weighted by Crippen LogP contribution is 2.03. The van der Waals surface area contributed by atoms with Crippen LogP contribution in [-0.2, 0) is 11.2 Å². The average Bonchev–Trinajstić information content (AvgIpc) is 2.19. The number of carboxylic acid groups (broad SMARTS) is 1. The molecule has 0 unspecified atom stereocenters. The molecule has 0 saturated heterocycles. The summed E-state index contributed by atoms with van der Waals surface area (Å²) in [5, 5.41) is 10.2. The number of nitrogens with one attached hydrogen (secondary N) is 1. The Balaban J connectivity index is 0.000000583. The fourth-order valence-corrected chi connectivity index (χ4v) is 1.28. The van der Waals surface area contributed by atoms with Gasteiger partial charge in [-0.2, -0.15) is 0 Å². The zero-order valence-corrected chi connectivity index (χ0v) is 9.36. The summed E-state index contributed by atoms with van der Waals surface area (Å²) < 4.78 is 0. The molecular weight excluding hydrogens is 190 g/mol. The molecule has 3 nitrogen and oxygen atoms in total. The maximum absolute atomic E-state index is 8.36. The van der Waals surface area contributed by atoms with Crippen LogP contribution in [0.15, 0.2) is 24.3 Å². The van der Waals surface area contributed by atoms with Crippen molar-refractivity contribution in [3.8, 4) is 0 Å². The molecule has 0 bridgehead atoms. The van der Waals surface area contributed by atoms with Gasteiger partial charge in [0.05, 0.1) is 0 Å². The molecule has 1 aromatic rings. The van der Waals surface area contributed by atoms with Crippen LogP contribution in [0.2, 0.25) is 0 Å². The van der Waals surface area contributed by atoms with Crippen molar-refractivity contribution >= 4 is 6.47 Å². The molecule has 3 heteroatoms. The molecule has 84 valence electrons. The molecule has 0 spiro atoms. The largest absolute Gasteiger partial charge is 0.483 e. The molecule has 0 fully saturated rings. The summed E-state index contributed by atoms with van der Waals surface area (Å²) in [6.07, 6.45) is 1.13. The van der Waals surface area contributed by atoms with Crippen LogP contribution in [0.3, 0.4) is 0 Å². The van der Waals surface area contributed by atoms with Crippen LogP contribution in [0, 0.1) is 6.92 Å². The van der Waals surface area contributed by atoms with Gasteiger partial charge < -0.3 is 10.4 Å². The lowest BCUT2D eigenvalue weighted by molar-refractivity contribution is -0.122. The highest BCUT2D eigenvalue weighted by molar-refractivity contribution is 5.32. The van der Waals surface area contributed by atoms with Gasteiger partial charge in [0.15, 0.2) is 0 Å². The van der Waals surface area contributed by atoms with Crippen molar-refractivity contribution in [2.45, 2.75) is 20.3 Å². The number of benzene rings is 1. The van der Waals surface area contributed by atoms with E-state index in [4.69, 9.17) is 9.90 Å². The number of hydrogen-bond donors (Lipinski definition) is 2. The minimum atomic E-state index is -0.250. The molecule has 0 aliphatic carbocycles. The SMILES string of the molecule is CCNCCc1cccc(C)c1.O=CO. The van der Waals surface area contributed by atoms with Gasteiger partial charge in [0.2, 0.25) is 0 Å². The molecule has 0 atom stereocenters. The first-order chi connectivity index (χ1) is 7.24. The highest BCUT2D eigenvalue weighted by atomic mass is 16.3. The van der Waals surface area contributed by atoms with Gasteiger partial charge in [-0.25, -0.2) is 0 Å². The van der Waals surface area contributed by atoms with Crippen LogP contribution < -0.4 is 5.32 Å². The lowest BCUT2D eigenvalue weighted by Gasteiger charge is -2.02. The fraction of sp³-hybridized carbons (Fsp3) is 0.417. The third-order valence-corrected chi connectivity index (χ3v) is 1.92. The van der Waals surface area contributed by atoms with Crippen molar-refractivity contribution in [3.05, 3.63) is 35.4 Å². The summed E-state index contributed by atoms with van der Waals surface area (Å²) in [6.45, 7) is 6.17. The lowest BCUT2D eigenvalue weighted by Crippen LogP contribution is -2.15. The van der Waals surface area contributed by atoms with Gasteiger partial charge in [-0.05, 0) is 32.0 Å². The summed E-state index contributed by atoms with van der Waals surface area (Å²) in [5.41, 5.74) is 2.78. The standard InChI is InChI=1S/C11H17N.CH2O2/c1-3-12-8-7-11-6-4-5-10(2)9-11;2-1-3/h4-6,9,12H,3,7-8H2,1-2H3;1H,(H,2,3). The number of rotatable bonds is 4. The van der Waals surface area contributed by atoms with Gasteiger partial charge in [0.1, 0.15) is 0 Å². The second-order valence-electron chi connectivity index (χ2n) is 3.20. The molecule has 0 aliphatic heterocycles. The molecule has 0 heterocycles. The van der Waals surface area contributed by atoms with E-state index < -0.39 is 0 Å². The third kappa shape index (κ3) is 7.70. The van der Waals surface area contributed by atoms with E-state index in [2.05, 4.69) is 43.4 Å². The minimum Gasteiger partial charge on any atom is -0.483 e. The number of aryl methyl sites for hydroxylation is 1. The highest BCUT2D eigenvalue weighted by Gasteiger charge is 1.91. The Morgan fingerprint density at radius 2 is 2.13 bits per heavy atom. The van der Waals surface area contributed by atoms with Gasteiger partial charge in [0.25, 0.3) is 6.47 Å². The Morgan fingerprint density at radius 1 is 1.47 bits per heavy atom. The topological polar surface area (TPSA) is 49.3 Å². The molecule has 1 aromatic carbocycles. The van der Waals surface area contributed by atoms with Crippen molar-refractivity contribution in [2.24, 2.45) is 0 Å². The van der Waals surface area contributed by atoms with Crippen LogP contribution in [0.4, 0.5) is 0 Å². The number of likely N-dealkylation sites (N-methyl/N-ethyl adjacent to an activating group) is 1. The smallest absolute Gasteiger partial charge is 0.290 e. The second kappa shape index (κ2) is 9.21. The Hall–Kier alpha value is -1.35. The van der Waals surface area contributed by atoms with Crippen LogP contribution in [-0.4, -0.2) is 24.7 Å². The van der Waals surface area contributed by atoms with E-state index in [9.17, 15) is 0 Å². The molecule has 0 aliphatic rings. The predicted octanol–water partition coefficient (Wildman–Crippen LogP) is 1.85. The van der Waals surface area contributed by atoms with Crippen molar-refractivity contribution < 1.29 is 9.90 Å². The maximum atomic E-state index is 8.36. The predicted molar refractivity (Wildman–Crippen MR) is 62.1 cm³/mol. The van der Waals surface area contributed by atoms with Gasteiger partial charge in [0, 0.05) is 0 Å². The van der Waals surface area contributed by atoms with E-state index in [1.807, 2.05) is 0 Å². The number of carbonyl (C=O) groups is 1. The monoisotopic (exact) mass is 209 g/mol. The molecule has 0 aromatic heterocycles. The van der Waals surface area contributed by atoms with E-state index >= 15 is 0 Å². The summed E-state index contributed by atoms with van der Waals surface area (Å²) in [7, 11) is 0. The zero-order valence-electron chi connectivity index (χ0n) is 9.36. The zero-order chi connectivity index (χ0) is 11.5. The first-order valence-corrected chi connectivity index (χ1v) is 5.08. The fourth-order valence-electron chi connectivity index (χ4n) is 1.28. The van der Waals surface area contributed by atoms with Gasteiger partial charge in [-0.3, -0.25) is 4.79 Å². The van der Waals surface area contributed by atoms with E-state index in [1.54, 1.807) is 0 Å². The Bertz CT molecular complexity index is 274. The minimum absolute atomic E-state index is 0.250. The van der Waals surface area contributed by atoms with Crippen molar-refractivity contribution in [1.29, 1.82) is 0 Å². The molecule has 0 radical (unpaired) electrons. The number of hydrogen-bond acceptors (Lipinski definition) is 2. The molecule has 0 amide bonds. The second-order valence-corrected chi connectivity index (χ2v) is 3.20. The molecule has 2 N–H and O–H groups in total. The van der Waals surface area contributed by atoms with Crippen LogP contribution >= 0.6 is 0 Å². The molecule has 1 rings (SSSR count). The normalized spacial score (nSPS) is 8.93. The lowest BCUT2D eigenvalue weighted by atomic mass is 10.1. The van der Waals surface area contributed by atoms with Crippen LogP contribution in [0.5, 0.6) is 0 Å². The first-order valence-electron chi connectivity index (χ1n) is 5.08. The summed E-state index contributed by atoms with van der Waals surface area (Å²) in [6, 6.07) is 8.69. The van der Waals surface area contributed by atoms with Gasteiger partial charge in [-0.15, -0.1) is 0 Å². The Kier molecular flexibility index (Phi) is 8.39. The quantitative estimate of drug-likeness (QED) is 0.587. The molecule has 0 saturated carbocycles. The Morgan fingerprint density at radius 3 is 2.67 bits per heavy atom. The van der Waals surface area contributed by atoms with Crippen LogP contribution in [0.25, 0.3) is 0 Å². The Labute approximate surface area is 91.1 Å². The third-order valence-electron chi connectivity index (χ3n) is 1.92.